The highest BCUT2D eigenvalue weighted by molar-refractivity contribution is 6.31. The lowest BCUT2D eigenvalue weighted by molar-refractivity contribution is 0.0898. The second-order valence-corrected chi connectivity index (χ2v) is 8.31. The van der Waals surface area contributed by atoms with Crippen molar-refractivity contribution in [2.75, 3.05) is 19.6 Å². The number of hydrogen-bond acceptors (Lipinski definition) is 3. The number of carbonyl (C=O) groups is 1. The van der Waals surface area contributed by atoms with Crippen molar-refractivity contribution in [2.45, 2.75) is 39.2 Å². The van der Waals surface area contributed by atoms with Crippen LogP contribution in [-0.2, 0) is 0 Å². The van der Waals surface area contributed by atoms with Crippen molar-refractivity contribution in [2.24, 2.45) is 0 Å². The van der Waals surface area contributed by atoms with E-state index in [-0.39, 0.29) is 11.9 Å². The molecule has 2 heterocycles. The van der Waals surface area contributed by atoms with Gasteiger partial charge in [0.2, 0.25) is 0 Å². The maximum atomic E-state index is 13.0. The molecule has 1 aliphatic rings. The Labute approximate surface area is 176 Å². The molecule has 29 heavy (non-hydrogen) atoms. The topological polar surface area (TPSA) is 45.5 Å². The minimum absolute atomic E-state index is 0.0554. The molecule has 1 aliphatic heterocycles. The molecule has 0 saturated carbocycles. The Kier molecular flexibility index (Phi) is 5.93. The van der Waals surface area contributed by atoms with Crippen molar-refractivity contribution in [3.05, 3.63) is 69.9 Å². The third-order valence-corrected chi connectivity index (χ3v) is 6.20. The molecule has 4 rings (SSSR count). The number of nitrogens with one attached hydrogen (secondary N) is 1. The van der Waals surface area contributed by atoms with Gasteiger partial charge in [-0.15, -0.1) is 0 Å². The average Bonchev–Trinajstić information content (AvgIpc) is 3.06. The van der Waals surface area contributed by atoms with Crippen LogP contribution in [0.1, 0.15) is 52.5 Å². The number of likely N-dealkylation sites (tertiary alicyclic amines) is 1. The van der Waals surface area contributed by atoms with Gasteiger partial charge in [0.05, 0.1) is 6.04 Å². The lowest BCUT2D eigenvalue weighted by Crippen LogP contribution is -2.40. The summed E-state index contributed by atoms with van der Waals surface area (Å²) in [6.45, 7) is 6.50. The molecule has 0 aliphatic carbocycles. The van der Waals surface area contributed by atoms with Crippen LogP contribution in [0, 0.1) is 13.8 Å². The van der Waals surface area contributed by atoms with Gasteiger partial charge in [0.25, 0.3) is 5.91 Å². The molecule has 152 valence electrons. The fourth-order valence-electron chi connectivity index (χ4n) is 4.23. The lowest BCUT2D eigenvalue weighted by Gasteiger charge is -2.35. The van der Waals surface area contributed by atoms with Gasteiger partial charge in [-0.25, -0.2) is 0 Å². The van der Waals surface area contributed by atoms with Crippen LogP contribution in [0.25, 0.3) is 11.0 Å². The van der Waals surface area contributed by atoms with Crippen LogP contribution in [-0.4, -0.2) is 30.4 Å². The van der Waals surface area contributed by atoms with Crippen molar-refractivity contribution >= 4 is 28.5 Å². The van der Waals surface area contributed by atoms with Gasteiger partial charge >= 0.3 is 0 Å². The predicted molar refractivity (Wildman–Crippen MR) is 118 cm³/mol. The number of rotatable bonds is 5. The molecule has 1 amide bonds. The number of amides is 1. The summed E-state index contributed by atoms with van der Waals surface area (Å²) in [7, 11) is 0. The van der Waals surface area contributed by atoms with Gasteiger partial charge in [-0.1, -0.05) is 48.4 Å². The van der Waals surface area contributed by atoms with E-state index in [0.717, 1.165) is 45.8 Å². The van der Waals surface area contributed by atoms with E-state index in [1.54, 1.807) is 0 Å². The summed E-state index contributed by atoms with van der Waals surface area (Å²) in [5.74, 6) is 0.215. The standard InChI is InChI=1S/C24H27ClN2O2/c1-16-10-11-18-17(2)23(29-22(18)14-16)24(28)26-15-21(27-12-6-3-7-13-27)19-8-4-5-9-20(19)25/h4-5,8-11,14,21H,3,6-7,12-13,15H2,1-2H3,(H,26,28). The van der Waals surface area contributed by atoms with E-state index < -0.39 is 0 Å². The summed E-state index contributed by atoms with van der Waals surface area (Å²) in [5.41, 5.74) is 3.81. The Morgan fingerprint density at radius 1 is 1.14 bits per heavy atom. The highest BCUT2D eigenvalue weighted by atomic mass is 35.5. The highest BCUT2D eigenvalue weighted by Gasteiger charge is 2.26. The molecule has 5 heteroatoms. The number of halogens is 1. The Morgan fingerprint density at radius 3 is 2.66 bits per heavy atom. The van der Waals surface area contributed by atoms with E-state index in [9.17, 15) is 4.79 Å². The first-order chi connectivity index (χ1) is 14.0. The van der Waals surface area contributed by atoms with Gasteiger partial charge in [0.15, 0.2) is 5.76 Å². The summed E-state index contributed by atoms with van der Waals surface area (Å²) in [4.78, 5) is 15.4. The van der Waals surface area contributed by atoms with Crippen LogP contribution >= 0.6 is 11.6 Å². The number of hydrogen-bond donors (Lipinski definition) is 1. The SMILES string of the molecule is Cc1ccc2c(C)c(C(=O)NCC(c3ccccc3Cl)N3CCCCC3)oc2c1. The van der Waals surface area contributed by atoms with Gasteiger partial charge < -0.3 is 9.73 Å². The third-order valence-electron chi connectivity index (χ3n) is 5.85. The van der Waals surface area contributed by atoms with E-state index in [2.05, 4.69) is 16.3 Å². The van der Waals surface area contributed by atoms with E-state index >= 15 is 0 Å². The highest BCUT2D eigenvalue weighted by Crippen LogP contribution is 2.30. The molecule has 1 fully saturated rings. The maximum Gasteiger partial charge on any atom is 0.287 e. The van der Waals surface area contributed by atoms with Gasteiger partial charge in [-0.3, -0.25) is 9.69 Å². The Bertz CT molecular complexity index is 1020. The van der Waals surface area contributed by atoms with E-state index in [4.69, 9.17) is 16.0 Å². The molecule has 1 unspecified atom stereocenters. The smallest absolute Gasteiger partial charge is 0.287 e. The first kappa shape index (κ1) is 20.0. The number of aryl methyl sites for hydroxylation is 2. The second-order valence-electron chi connectivity index (χ2n) is 7.90. The zero-order chi connectivity index (χ0) is 20.4. The Hall–Kier alpha value is -2.30. The van der Waals surface area contributed by atoms with Crippen molar-refractivity contribution < 1.29 is 9.21 Å². The van der Waals surface area contributed by atoms with Gasteiger partial charge in [0.1, 0.15) is 5.58 Å². The monoisotopic (exact) mass is 410 g/mol. The second kappa shape index (κ2) is 8.60. The fraction of sp³-hybridized carbons (Fsp3) is 0.375. The van der Waals surface area contributed by atoms with Gasteiger partial charge in [0, 0.05) is 22.5 Å². The van der Waals surface area contributed by atoms with Crippen molar-refractivity contribution in [3.63, 3.8) is 0 Å². The average molecular weight is 411 g/mol. The number of benzene rings is 2. The number of carbonyl (C=O) groups excluding carboxylic acids is 1. The Morgan fingerprint density at radius 2 is 1.90 bits per heavy atom. The molecular formula is C24H27ClN2O2. The molecule has 1 N–H and O–H groups in total. The van der Waals surface area contributed by atoms with Crippen LogP contribution in [0.4, 0.5) is 0 Å². The first-order valence-corrected chi connectivity index (χ1v) is 10.7. The fourth-order valence-corrected chi connectivity index (χ4v) is 4.49. The van der Waals surface area contributed by atoms with E-state index in [0.29, 0.717) is 12.3 Å². The molecular weight excluding hydrogens is 384 g/mol. The number of piperidine rings is 1. The van der Waals surface area contributed by atoms with Gasteiger partial charge in [-0.2, -0.15) is 0 Å². The number of nitrogens with zero attached hydrogens (tertiary/aromatic N) is 1. The molecule has 1 atom stereocenters. The first-order valence-electron chi connectivity index (χ1n) is 10.3. The van der Waals surface area contributed by atoms with Crippen molar-refractivity contribution in [1.29, 1.82) is 0 Å². The van der Waals surface area contributed by atoms with Crippen LogP contribution in [0.5, 0.6) is 0 Å². The molecule has 1 saturated heterocycles. The van der Waals surface area contributed by atoms with Crippen LogP contribution in [0.15, 0.2) is 46.9 Å². The third kappa shape index (κ3) is 4.19. The quantitative estimate of drug-likeness (QED) is 0.590. The summed E-state index contributed by atoms with van der Waals surface area (Å²) >= 11 is 6.51. The van der Waals surface area contributed by atoms with Crippen LogP contribution in [0.2, 0.25) is 5.02 Å². The van der Waals surface area contributed by atoms with Crippen molar-refractivity contribution in [3.8, 4) is 0 Å². The predicted octanol–water partition coefficient (Wildman–Crippen LogP) is 5.66. The van der Waals surface area contributed by atoms with Crippen LogP contribution < -0.4 is 5.32 Å². The summed E-state index contributed by atoms with van der Waals surface area (Å²) in [6, 6.07) is 14.0. The molecule has 0 spiro atoms. The van der Waals surface area contributed by atoms with E-state index in [1.165, 1.54) is 19.3 Å². The molecule has 2 aromatic carbocycles. The molecule has 3 aromatic rings. The molecule has 4 nitrogen and oxygen atoms in total. The minimum Gasteiger partial charge on any atom is -0.451 e. The molecule has 1 aromatic heterocycles. The molecule has 0 radical (unpaired) electrons. The van der Waals surface area contributed by atoms with Crippen LogP contribution in [0.3, 0.4) is 0 Å². The molecule has 0 bridgehead atoms. The lowest BCUT2D eigenvalue weighted by atomic mass is 10.0. The summed E-state index contributed by atoms with van der Waals surface area (Å²) in [5, 5.41) is 4.83. The summed E-state index contributed by atoms with van der Waals surface area (Å²) in [6.07, 6.45) is 3.61. The summed E-state index contributed by atoms with van der Waals surface area (Å²) < 4.78 is 5.90. The Balaban J connectivity index is 1.56. The largest absolute Gasteiger partial charge is 0.451 e. The van der Waals surface area contributed by atoms with Gasteiger partial charge in [-0.05, 0) is 63.0 Å². The number of fused-ring (bicyclic) bond motifs is 1. The zero-order valence-corrected chi connectivity index (χ0v) is 17.8. The maximum absolute atomic E-state index is 13.0. The van der Waals surface area contributed by atoms with E-state index in [1.807, 2.05) is 50.2 Å². The number of furan rings is 1. The normalized spacial score (nSPS) is 16.1. The zero-order valence-electron chi connectivity index (χ0n) is 17.0. The minimum atomic E-state index is -0.176. The van der Waals surface area contributed by atoms with Crippen molar-refractivity contribution in [1.82, 2.24) is 10.2 Å².